The molecule has 2 aromatic carbocycles. The van der Waals surface area contributed by atoms with Crippen molar-refractivity contribution >= 4 is 27.8 Å². The fraction of sp³-hybridized carbons (Fsp3) is 0.167. The molecule has 0 fully saturated rings. The monoisotopic (exact) mass is 277 g/mol. The lowest BCUT2D eigenvalue weighted by Gasteiger charge is -2.16. The highest BCUT2D eigenvalue weighted by molar-refractivity contribution is 5.99. The molecule has 0 aliphatic rings. The van der Waals surface area contributed by atoms with Gasteiger partial charge in [0.15, 0.2) is 0 Å². The van der Waals surface area contributed by atoms with Crippen LogP contribution < -0.4 is 11.1 Å². The summed E-state index contributed by atoms with van der Waals surface area (Å²) in [7, 11) is 0. The number of hydrogen-bond donors (Lipinski definition) is 2. The quantitative estimate of drug-likeness (QED) is 0.683. The zero-order valence-electron chi connectivity index (χ0n) is 12.3. The summed E-state index contributed by atoms with van der Waals surface area (Å²) in [6.45, 7) is 4.38. The first-order chi connectivity index (χ1) is 10.2. The van der Waals surface area contributed by atoms with Crippen molar-refractivity contribution in [2.75, 3.05) is 11.1 Å². The van der Waals surface area contributed by atoms with Crippen molar-refractivity contribution in [3.63, 3.8) is 0 Å². The van der Waals surface area contributed by atoms with Crippen molar-refractivity contribution in [2.24, 2.45) is 0 Å². The highest BCUT2D eigenvalue weighted by atomic mass is 14.9. The largest absolute Gasteiger partial charge is 0.397 e. The molecule has 0 bridgehead atoms. The van der Waals surface area contributed by atoms with Gasteiger partial charge in [-0.15, -0.1) is 0 Å². The van der Waals surface area contributed by atoms with Crippen molar-refractivity contribution in [1.29, 1.82) is 0 Å². The predicted octanol–water partition coefficient (Wildman–Crippen LogP) is 4.68. The van der Waals surface area contributed by atoms with Crippen LogP contribution in [-0.4, -0.2) is 4.98 Å². The highest BCUT2D eigenvalue weighted by Crippen LogP contribution is 2.33. The van der Waals surface area contributed by atoms with Gasteiger partial charge < -0.3 is 11.1 Å². The molecule has 3 heteroatoms. The third-order valence-electron chi connectivity index (χ3n) is 3.71. The van der Waals surface area contributed by atoms with E-state index in [2.05, 4.69) is 42.3 Å². The van der Waals surface area contributed by atoms with Crippen molar-refractivity contribution in [2.45, 2.75) is 19.8 Å². The van der Waals surface area contributed by atoms with Crippen LogP contribution in [0.2, 0.25) is 0 Å². The topological polar surface area (TPSA) is 50.9 Å². The first kappa shape index (κ1) is 13.4. The third kappa shape index (κ3) is 2.55. The molecule has 106 valence electrons. The Morgan fingerprint density at radius 2 is 1.81 bits per heavy atom. The summed E-state index contributed by atoms with van der Waals surface area (Å²) < 4.78 is 0. The number of para-hydroxylation sites is 1. The summed E-state index contributed by atoms with van der Waals surface area (Å²) in [5.41, 5.74) is 10.4. The number of nitrogens with one attached hydrogen (secondary N) is 1. The number of fused-ring (bicyclic) bond motifs is 1. The summed E-state index contributed by atoms with van der Waals surface area (Å²) in [4.78, 5) is 4.13. The van der Waals surface area contributed by atoms with Gasteiger partial charge in [-0.05, 0) is 29.7 Å². The van der Waals surface area contributed by atoms with Gasteiger partial charge in [0, 0.05) is 28.9 Å². The normalized spacial score (nSPS) is 11.0. The molecule has 0 atom stereocenters. The number of hydrogen-bond acceptors (Lipinski definition) is 3. The second-order valence-electron chi connectivity index (χ2n) is 5.49. The molecule has 21 heavy (non-hydrogen) atoms. The Labute approximate surface area is 124 Å². The molecular formula is C18H19N3. The fourth-order valence-electron chi connectivity index (χ4n) is 2.56. The Hall–Kier alpha value is -2.55. The maximum atomic E-state index is 6.30. The number of nitrogens with zero attached hydrogens (tertiary/aromatic N) is 1. The van der Waals surface area contributed by atoms with Crippen LogP contribution in [0.15, 0.2) is 54.9 Å². The molecule has 0 unspecified atom stereocenters. The third-order valence-corrected chi connectivity index (χ3v) is 3.71. The van der Waals surface area contributed by atoms with E-state index < -0.39 is 0 Å². The van der Waals surface area contributed by atoms with E-state index in [0.717, 1.165) is 27.8 Å². The molecule has 3 aromatic rings. The number of benzene rings is 2. The van der Waals surface area contributed by atoms with Crippen LogP contribution in [0.5, 0.6) is 0 Å². The second kappa shape index (κ2) is 5.44. The Balaban J connectivity index is 2.05. The Bertz CT molecular complexity index is 778. The molecule has 0 amide bonds. The van der Waals surface area contributed by atoms with Gasteiger partial charge in [-0.2, -0.15) is 0 Å². The van der Waals surface area contributed by atoms with Gasteiger partial charge in [-0.1, -0.05) is 38.1 Å². The fourth-order valence-corrected chi connectivity index (χ4v) is 2.56. The number of nitrogens with two attached hydrogens (primary N) is 1. The van der Waals surface area contributed by atoms with E-state index in [-0.39, 0.29) is 0 Å². The average molecular weight is 277 g/mol. The lowest BCUT2D eigenvalue weighted by atomic mass is 10.0. The summed E-state index contributed by atoms with van der Waals surface area (Å²) >= 11 is 0. The van der Waals surface area contributed by atoms with Gasteiger partial charge in [0.2, 0.25) is 0 Å². The first-order valence-electron chi connectivity index (χ1n) is 7.15. The van der Waals surface area contributed by atoms with Crippen LogP contribution in [0.3, 0.4) is 0 Å². The van der Waals surface area contributed by atoms with E-state index in [1.807, 2.05) is 30.5 Å². The van der Waals surface area contributed by atoms with Crippen LogP contribution in [0.4, 0.5) is 17.1 Å². The summed E-state index contributed by atoms with van der Waals surface area (Å²) in [6.07, 6.45) is 3.60. The van der Waals surface area contributed by atoms with Gasteiger partial charge >= 0.3 is 0 Å². The highest BCUT2D eigenvalue weighted by Gasteiger charge is 2.09. The van der Waals surface area contributed by atoms with Crippen molar-refractivity contribution < 1.29 is 0 Å². The Kier molecular flexibility index (Phi) is 3.48. The number of aromatic nitrogens is 1. The van der Waals surface area contributed by atoms with Crippen LogP contribution in [0, 0.1) is 0 Å². The van der Waals surface area contributed by atoms with Crippen LogP contribution >= 0.6 is 0 Å². The number of nitrogen functional groups attached to an aromatic ring is 1. The molecule has 0 saturated heterocycles. The van der Waals surface area contributed by atoms with E-state index in [9.17, 15) is 0 Å². The van der Waals surface area contributed by atoms with Gasteiger partial charge in [-0.25, -0.2) is 0 Å². The van der Waals surface area contributed by atoms with Gasteiger partial charge in [0.05, 0.1) is 11.4 Å². The minimum absolute atomic E-state index is 0.458. The zero-order valence-corrected chi connectivity index (χ0v) is 12.3. The van der Waals surface area contributed by atoms with E-state index in [4.69, 9.17) is 5.73 Å². The molecule has 0 aliphatic heterocycles. The van der Waals surface area contributed by atoms with Crippen molar-refractivity contribution in [3.05, 3.63) is 60.4 Å². The molecule has 0 spiro atoms. The lowest BCUT2D eigenvalue weighted by molar-refractivity contribution is 0.869. The van der Waals surface area contributed by atoms with Gasteiger partial charge in [0.25, 0.3) is 0 Å². The van der Waals surface area contributed by atoms with E-state index in [1.54, 1.807) is 6.20 Å². The smallest absolute Gasteiger partial charge is 0.0634 e. The Morgan fingerprint density at radius 3 is 2.62 bits per heavy atom. The van der Waals surface area contributed by atoms with Gasteiger partial charge in [0.1, 0.15) is 0 Å². The van der Waals surface area contributed by atoms with Crippen LogP contribution in [0.1, 0.15) is 25.3 Å². The number of rotatable bonds is 3. The summed E-state index contributed by atoms with van der Waals surface area (Å²) in [5, 5.41) is 5.55. The molecule has 0 saturated carbocycles. The molecule has 3 rings (SSSR count). The minimum atomic E-state index is 0.458. The number of pyridine rings is 1. The molecule has 0 aliphatic carbocycles. The predicted molar refractivity (Wildman–Crippen MR) is 90.0 cm³/mol. The summed E-state index contributed by atoms with van der Waals surface area (Å²) in [6, 6.07) is 14.3. The number of anilines is 3. The lowest BCUT2D eigenvalue weighted by Crippen LogP contribution is -2.01. The zero-order chi connectivity index (χ0) is 14.8. The maximum Gasteiger partial charge on any atom is 0.0634 e. The maximum absolute atomic E-state index is 6.30. The minimum Gasteiger partial charge on any atom is -0.397 e. The van der Waals surface area contributed by atoms with Gasteiger partial charge in [-0.3, -0.25) is 4.98 Å². The van der Waals surface area contributed by atoms with E-state index in [1.165, 1.54) is 5.56 Å². The standard InChI is InChI=1S/C18H19N3/c1-12(2)14-5-3-4-6-16(14)21-17-8-7-13-11-20-10-9-15(13)18(17)19/h3-12,21H,19H2,1-2H3. The molecule has 3 N–H and O–H groups in total. The van der Waals surface area contributed by atoms with Crippen molar-refractivity contribution in [3.8, 4) is 0 Å². The van der Waals surface area contributed by atoms with Crippen LogP contribution in [-0.2, 0) is 0 Å². The molecule has 0 radical (unpaired) electrons. The average Bonchev–Trinajstić information content (AvgIpc) is 2.51. The SMILES string of the molecule is CC(C)c1ccccc1Nc1ccc2cnccc2c1N. The Morgan fingerprint density at radius 1 is 1.00 bits per heavy atom. The molecule has 1 aromatic heterocycles. The first-order valence-corrected chi connectivity index (χ1v) is 7.15. The van der Waals surface area contributed by atoms with Crippen molar-refractivity contribution in [1.82, 2.24) is 4.98 Å². The second-order valence-corrected chi connectivity index (χ2v) is 5.49. The molecular weight excluding hydrogens is 258 g/mol. The van der Waals surface area contributed by atoms with E-state index >= 15 is 0 Å². The molecule has 1 heterocycles. The molecule has 3 nitrogen and oxygen atoms in total. The van der Waals surface area contributed by atoms with E-state index in [0.29, 0.717) is 5.92 Å². The summed E-state index contributed by atoms with van der Waals surface area (Å²) in [5.74, 6) is 0.458. The van der Waals surface area contributed by atoms with Crippen LogP contribution in [0.25, 0.3) is 10.8 Å².